The molecular weight excluding hydrogens is 126 g/mol. The van der Waals surface area contributed by atoms with Crippen molar-refractivity contribution in [3.8, 4) is 0 Å². The van der Waals surface area contributed by atoms with Crippen molar-refractivity contribution in [3.63, 3.8) is 0 Å². The summed E-state index contributed by atoms with van der Waals surface area (Å²) in [6, 6.07) is 0. The maximum Gasteiger partial charge on any atom is 0.0346 e. The summed E-state index contributed by atoms with van der Waals surface area (Å²) in [6.45, 7) is 7.32. The number of hydrogen-bond donors (Lipinski definition) is 1. The van der Waals surface area contributed by atoms with Gasteiger partial charge in [-0.05, 0) is 6.92 Å². The third kappa shape index (κ3) is 1.72. The number of rotatable bonds is 2. The van der Waals surface area contributed by atoms with Crippen LogP contribution in [0.2, 0.25) is 0 Å². The molecule has 0 fully saturated rings. The van der Waals surface area contributed by atoms with Crippen LogP contribution in [0.4, 0.5) is 0 Å². The molecule has 0 aromatic rings. The Morgan fingerprint density at radius 3 is 2.80 bits per heavy atom. The summed E-state index contributed by atoms with van der Waals surface area (Å²) < 4.78 is 0. The SMILES string of the molecule is CCN1C=CCN(CC)N1. The van der Waals surface area contributed by atoms with Crippen LogP contribution in [0.1, 0.15) is 13.8 Å². The minimum atomic E-state index is 1.01. The fourth-order valence-corrected chi connectivity index (χ4v) is 0.933. The quantitative estimate of drug-likeness (QED) is 0.606. The van der Waals surface area contributed by atoms with Gasteiger partial charge in [-0.3, -0.25) is 0 Å². The fourth-order valence-electron chi connectivity index (χ4n) is 0.933. The highest BCUT2D eigenvalue weighted by molar-refractivity contribution is 4.86. The lowest BCUT2D eigenvalue weighted by Crippen LogP contribution is -2.49. The van der Waals surface area contributed by atoms with Crippen LogP contribution in [-0.2, 0) is 0 Å². The Balaban J connectivity index is 2.38. The zero-order valence-corrected chi connectivity index (χ0v) is 6.67. The Bertz CT molecular complexity index is 122. The topological polar surface area (TPSA) is 18.5 Å². The third-order valence-electron chi connectivity index (χ3n) is 1.60. The lowest BCUT2D eigenvalue weighted by atomic mass is 10.5. The van der Waals surface area contributed by atoms with E-state index in [1.165, 1.54) is 0 Å². The van der Waals surface area contributed by atoms with E-state index >= 15 is 0 Å². The van der Waals surface area contributed by atoms with Gasteiger partial charge >= 0.3 is 0 Å². The van der Waals surface area contributed by atoms with Crippen LogP contribution in [0.3, 0.4) is 0 Å². The molecule has 0 atom stereocenters. The normalized spacial score (nSPS) is 20.0. The molecule has 0 aliphatic carbocycles. The van der Waals surface area contributed by atoms with Gasteiger partial charge in [0.25, 0.3) is 0 Å². The maximum atomic E-state index is 3.23. The van der Waals surface area contributed by atoms with Crippen molar-refractivity contribution >= 4 is 0 Å². The predicted octanol–water partition coefficient (Wildman–Crippen LogP) is 0.577. The van der Waals surface area contributed by atoms with E-state index in [-0.39, 0.29) is 0 Å². The van der Waals surface area contributed by atoms with Gasteiger partial charge in [-0.25, -0.2) is 5.01 Å². The highest BCUT2D eigenvalue weighted by atomic mass is 15.7. The molecule has 0 aromatic heterocycles. The van der Waals surface area contributed by atoms with Crippen molar-refractivity contribution in [2.24, 2.45) is 0 Å². The van der Waals surface area contributed by atoms with Crippen LogP contribution in [-0.4, -0.2) is 29.7 Å². The summed E-state index contributed by atoms with van der Waals surface area (Å²) in [4.78, 5) is 0. The zero-order valence-electron chi connectivity index (χ0n) is 6.67. The van der Waals surface area contributed by atoms with Crippen LogP contribution in [0, 0.1) is 0 Å². The van der Waals surface area contributed by atoms with E-state index in [4.69, 9.17) is 0 Å². The summed E-state index contributed by atoms with van der Waals surface area (Å²) in [6.07, 6.45) is 4.23. The lowest BCUT2D eigenvalue weighted by Gasteiger charge is -2.31. The highest BCUT2D eigenvalue weighted by Crippen LogP contribution is 1.95. The number of nitrogens with one attached hydrogen (secondary N) is 1. The van der Waals surface area contributed by atoms with Gasteiger partial charge in [0.2, 0.25) is 0 Å². The second-order valence-electron chi connectivity index (χ2n) is 2.31. The highest BCUT2D eigenvalue weighted by Gasteiger charge is 2.05. The van der Waals surface area contributed by atoms with Crippen LogP contribution < -0.4 is 5.53 Å². The molecule has 1 heterocycles. The Morgan fingerprint density at radius 2 is 2.20 bits per heavy atom. The molecular formula is C7H15N3. The molecule has 1 N–H and O–H groups in total. The van der Waals surface area contributed by atoms with Crippen LogP contribution >= 0.6 is 0 Å². The molecule has 3 heteroatoms. The molecule has 3 nitrogen and oxygen atoms in total. The molecule has 0 amide bonds. The molecule has 58 valence electrons. The average Bonchev–Trinajstić information content (AvgIpc) is 2.05. The smallest absolute Gasteiger partial charge is 0.0346 e. The fraction of sp³-hybridized carbons (Fsp3) is 0.714. The first-order valence-corrected chi connectivity index (χ1v) is 3.81. The zero-order chi connectivity index (χ0) is 7.40. The lowest BCUT2D eigenvalue weighted by molar-refractivity contribution is 0.0634. The van der Waals surface area contributed by atoms with E-state index < -0.39 is 0 Å². The van der Waals surface area contributed by atoms with E-state index in [0.717, 1.165) is 19.6 Å². The molecule has 0 unspecified atom stereocenters. The number of hydrazine groups is 2. The molecule has 0 bridgehead atoms. The third-order valence-corrected chi connectivity index (χ3v) is 1.60. The largest absolute Gasteiger partial charge is 0.303 e. The van der Waals surface area contributed by atoms with Crippen molar-refractivity contribution < 1.29 is 0 Å². The van der Waals surface area contributed by atoms with Crippen molar-refractivity contribution in [2.45, 2.75) is 13.8 Å². The minimum absolute atomic E-state index is 1.01. The first-order chi connectivity index (χ1) is 4.86. The van der Waals surface area contributed by atoms with E-state index in [0.29, 0.717) is 0 Å². The predicted molar refractivity (Wildman–Crippen MR) is 41.9 cm³/mol. The van der Waals surface area contributed by atoms with Crippen molar-refractivity contribution in [1.29, 1.82) is 0 Å². The van der Waals surface area contributed by atoms with E-state index in [9.17, 15) is 0 Å². The summed E-state index contributed by atoms with van der Waals surface area (Å²) in [5, 5.41) is 4.22. The van der Waals surface area contributed by atoms with Crippen molar-refractivity contribution in [1.82, 2.24) is 15.6 Å². The molecule has 0 aromatic carbocycles. The Hall–Kier alpha value is -0.540. The van der Waals surface area contributed by atoms with E-state index in [1.807, 2.05) is 0 Å². The summed E-state index contributed by atoms with van der Waals surface area (Å²) in [5.41, 5.74) is 3.23. The van der Waals surface area contributed by atoms with Crippen LogP contribution in [0.25, 0.3) is 0 Å². The van der Waals surface area contributed by atoms with Gasteiger partial charge in [0, 0.05) is 25.8 Å². The summed E-state index contributed by atoms with van der Waals surface area (Å²) in [5.74, 6) is 0. The summed E-state index contributed by atoms with van der Waals surface area (Å²) in [7, 11) is 0. The van der Waals surface area contributed by atoms with E-state index in [2.05, 4.69) is 41.7 Å². The van der Waals surface area contributed by atoms with Gasteiger partial charge in [-0.2, -0.15) is 5.53 Å². The molecule has 1 rings (SSSR count). The first kappa shape index (κ1) is 7.57. The molecule has 0 saturated carbocycles. The van der Waals surface area contributed by atoms with Crippen molar-refractivity contribution in [2.75, 3.05) is 19.6 Å². The second kappa shape index (κ2) is 3.58. The van der Waals surface area contributed by atoms with Gasteiger partial charge in [-0.15, -0.1) is 0 Å². The number of likely N-dealkylation sites (N-methyl/N-ethyl adjacent to an activating group) is 1. The number of hydrogen-bond acceptors (Lipinski definition) is 3. The minimum Gasteiger partial charge on any atom is -0.303 e. The van der Waals surface area contributed by atoms with Gasteiger partial charge in [-0.1, -0.05) is 13.0 Å². The van der Waals surface area contributed by atoms with Crippen LogP contribution in [0.5, 0.6) is 0 Å². The first-order valence-electron chi connectivity index (χ1n) is 3.81. The second-order valence-corrected chi connectivity index (χ2v) is 2.31. The van der Waals surface area contributed by atoms with Gasteiger partial charge in [0.05, 0.1) is 0 Å². The molecule has 1 aliphatic rings. The number of nitrogens with zero attached hydrogens (tertiary/aromatic N) is 2. The maximum absolute atomic E-state index is 3.23. The molecule has 0 radical (unpaired) electrons. The van der Waals surface area contributed by atoms with Crippen LogP contribution in [0.15, 0.2) is 12.3 Å². The molecule has 10 heavy (non-hydrogen) atoms. The monoisotopic (exact) mass is 141 g/mol. The molecule has 1 aliphatic heterocycles. The average molecular weight is 141 g/mol. The van der Waals surface area contributed by atoms with Gasteiger partial charge < -0.3 is 5.01 Å². The van der Waals surface area contributed by atoms with Gasteiger partial charge in [0.15, 0.2) is 0 Å². The van der Waals surface area contributed by atoms with Gasteiger partial charge in [0.1, 0.15) is 0 Å². The summed E-state index contributed by atoms with van der Waals surface area (Å²) >= 11 is 0. The van der Waals surface area contributed by atoms with Crippen molar-refractivity contribution in [3.05, 3.63) is 12.3 Å². The Morgan fingerprint density at radius 1 is 1.40 bits per heavy atom. The Kier molecular flexibility index (Phi) is 2.71. The van der Waals surface area contributed by atoms with E-state index in [1.54, 1.807) is 0 Å². The standard InChI is InChI=1S/C7H15N3/c1-3-9-6-5-7-10(4-2)8-9/h5-6,8H,3-4,7H2,1-2H3. The molecule has 0 saturated heterocycles. The Labute approximate surface area is 62.2 Å². The molecule has 0 spiro atoms.